The molecule has 0 atom stereocenters. The predicted octanol–water partition coefficient (Wildman–Crippen LogP) is 1.19. The first-order valence-corrected chi connectivity index (χ1v) is 7.73. The SMILES string of the molecule is CCCNc1cc(N2CCN(CC(C)(C)O)CC2)ncn1. The van der Waals surface area contributed by atoms with E-state index in [-0.39, 0.29) is 0 Å². The second-order valence-corrected chi connectivity index (χ2v) is 6.26. The molecule has 0 unspecified atom stereocenters. The van der Waals surface area contributed by atoms with Crippen LogP contribution in [-0.4, -0.2) is 64.8 Å². The van der Waals surface area contributed by atoms with Gasteiger partial charge in [0.1, 0.15) is 18.0 Å². The molecule has 1 aromatic heterocycles. The summed E-state index contributed by atoms with van der Waals surface area (Å²) in [7, 11) is 0. The highest BCUT2D eigenvalue weighted by atomic mass is 16.3. The standard InChI is InChI=1S/C15H27N5O/c1-4-5-16-13-10-14(18-12-17-13)20-8-6-19(7-9-20)11-15(2,3)21/h10,12,21H,4-9,11H2,1-3H3,(H,16,17,18). The number of hydrogen-bond donors (Lipinski definition) is 2. The van der Waals surface area contributed by atoms with Gasteiger partial charge in [-0.15, -0.1) is 0 Å². The lowest BCUT2D eigenvalue weighted by molar-refractivity contribution is 0.0344. The first kappa shape index (κ1) is 16.0. The van der Waals surface area contributed by atoms with Gasteiger partial charge in [0.25, 0.3) is 0 Å². The van der Waals surface area contributed by atoms with Gasteiger partial charge in [-0.25, -0.2) is 9.97 Å². The Morgan fingerprint density at radius 2 is 1.95 bits per heavy atom. The zero-order valence-corrected chi connectivity index (χ0v) is 13.3. The van der Waals surface area contributed by atoms with Crippen LogP contribution in [0.3, 0.4) is 0 Å². The van der Waals surface area contributed by atoms with E-state index in [1.807, 2.05) is 19.9 Å². The quantitative estimate of drug-likeness (QED) is 0.821. The molecule has 6 nitrogen and oxygen atoms in total. The van der Waals surface area contributed by atoms with E-state index >= 15 is 0 Å². The summed E-state index contributed by atoms with van der Waals surface area (Å²) in [4.78, 5) is 13.2. The van der Waals surface area contributed by atoms with Crippen molar-refractivity contribution in [3.63, 3.8) is 0 Å². The van der Waals surface area contributed by atoms with Crippen LogP contribution in [0, 0.1) is 0 Å². The van der Waals surface area contributed by atoms with Crippen LogP contribution in [0.25, 0.3) is 0 Å². The topological polar surface area (TPSA) is 64.5 Å². The summed E-state index contributed by atoms with van der Waals surface area (Å²) in [6, 6.07) is 2.02. The molecule has 0 saturated carbocycles. The number of aliphatic hydroxyl groups is 1. The van der Waals surface area contributed by atoms with Crippen molar-refractivity contribution in [3.05, 3.63) is 12.4 Å². The Labute approximate surface area is 127 Å². The molecule has 2 rings (SSSR count). The van der Waals surface area contributed by atoms with Gasteiger partial charge in [-0.05, 0) is 20.3 Å². The first-order chi connectivity index (χ1) is 9.98. The van der Waals surface area contributed by atoms with Crippen LogP contribution >= 0.6 is 0 Å². The molecule has 0 aromatic carbocycles. The van der Waals surface area contributed by atoms with E-state index in [1.54, 1.807) is 6.33 Å². The third-order valence-electron chi connectivity index (χ3n) is 3.52. The molecule has 1 aliphatic heterocycles. The van der Waals surface area contributed by atoms with Crippen molar-refractivity contribution < 1.29 is 5.11 Å². The van der Waals surface area contributed by atoms with Crippen LogP contribution in [0.4, 0.5) is 11.6 Å². The number of nitrogens with zero attached hydrogens (tertiary/aromatic N) is 4. The smallest absolute Gasteiger partial charge is 0.134 e. The number of β-amino-alcohol motifs (C(OH)–C–C–N with tert-alkyl or cyclic N) is 1. The van der Waals surface area contributed by atoms with Crippen LogP contribution in [0.2, 0.25) is 0 Å². The highest BCUT2D eigenvalue weighted by Crippen LogP contribution is 2.17. The molecule has 21 heavy (non-hydrogen) atoms. The van der Waals surface area contributed by atoms with E-state index < -0.39 is 5.60 Å². The minimum Gasteiger partial charge on any atom is -0.389 e. The third-order valence-corrected chi connectivity index (χ3v) is 3.52. The Morgan fingerprint density at radius 1 is 1.24 bits per heavy atom. The molecule has 2 heterocycles. The van der Waals surface area contributed by atoms with Gasteiger partial charge in [0.05, 0.1) is 5.60 Å². The average molecular weight is 293 g/mol. The zero-order valence-electron chi connectivity index (χ0n) is 13.3. The van der Waals surface area contributed by atoms with Gasteiger partial charge < -0.3 is 15.3 Å². The molecule has 0 bridgehead atoms. The molecule has 0 amide bonds. The Hall–Kier alpha value is -1.40. The van der Waals surface area contributed by atoms with Crippen molar-refractivity contribution in [1.29, 1.82) is 0 Å². The third kappa shape index (κ3) is 5.13. The largest absolute Gasteiger partial charge is 0.389 e. The summed E-state index contributed by atoms with van der Waals surface area (Å²) < 4.78 is 0. The minimum atomic E-state index is -0.631. The van der Waals surface area contributed by atoms with E-state index in [4.69, 9.17) is 0 Å². The monoisotopic (exact) mass is 293 g/mol. The van der Waals surface area contributed by atoms with Gasteiger partial charge in [0.15, 0.2) is 0 Å². The summed E-state index contributed by atoms with van der Waals surface area (Å²) >= 11 is 0. The lowest BCUT2D eigenvalue weighted by atomic mass is 10.1. The summed E-state index contributed by atoms with van der Waals surface area (Å²) in [6.45, 7) is 11.3. The molecular formula is C15H27N5O. The van der Waals surface area contributed by atoms with Crippen molar-refractivity contribution in [3.8, 4) is 0 Å². The molecule has 0 aliphatic carbocycles. The minimum absolute atomic E-state index is 0.631. The van der Waals surface area contributed by atoms with E-state index in [0.29, 0.717) is 6.54 Å². The van der Waals surface area contributed by atoms with Crippen molar-refractivity contribution >= 4 is 11.6 Å². The summed E-state index contributed by atoms with van der Waals surface area (Å²) in [5.74, 6) is 1.87. The van der Waals surface area contributed by atoms with Gasteiger partial charge in [0, 0.05) is 45.3 Å². The van der Waals surface area contributed by atoms with Gasteiger partial charge in [-0.3, -0.25) is 4.90 Å². The summed E-state index contributed by atoms with van der Waals surface area (Å²) in [5, 5.41) is 13.2. The second-order valence-electron chi connectivity index (χ2n) is 6.26. The fourth-order valence-corrected chi connectivity index (χ4v) is 2.55. The van der Waals surface area contributed by atoms with Crippen molar-refractivity contribution in [2.45, 2.75) is 32.8 Å². The Kier molecular flexibility index (Phi) is 5.36. The highest BCUT2D eigenvalue weighted by Gasteiger charge is 2.23. The van der Waals surface area contributed by atoms with Crippen LogP contribution < -0.4 is 10.2 Å². The van der Waals surface area contributed by atoms with Crippen LogP contribution in [0.15, 0.2) is 12.4 Å². The fourth-order valence-electron chi connectivity index (χ4n) is 2.55. The fraction of sp³-hybridized carbons (Fsp3) is 0.733. The molecule has 2 N–H and O–H groups in total. The van der Waals surface area contributed by atoms with Crippen molar-refractivity contribution in [1.82, 2.24) is 14.9 Å². The first-order valence-electron chi connectivity index (χ1n) is 7.73. The highest BCUT2D eigenvalue weighted by molar-refractivity contribution is 5.48. The maximum Gasteiger partial charge on any atom is 0.134 e. The molecule has 1 saturated heterocycles. The molecular weight excluding hydrogens is 266 g/mol. The number of rotatable bonds is 6. The average Bonchev–Trinajstić information content (AvgIpc) is 2.44. The van der Waals surface area contributed by atoms with E-state index in [2.05, 4.69) is 32.0 Å². The van der Waals surface area contributed by atoms with Crippen LogP contribution in [0.1, 0.15) is 27.2 Å². The predicted molar refractivity (Wildman–Crippen MR) is 85.8 cm³/mol. The molecule has 1 aliphatic rings. The Balaban J connectivity index is 1.90. The van der Waals surface area contributed by atoms with E-state index in [9.17, 15) is 5.11 Å². The molecule has 118 valence electrons. The maximum absolute atomic E-state index is 9.89. The number of piperazine rings is 1. The Bertz CT molecular complexity index is 438. The van der Waals surface area contributed by atoms with Gasteiger partial charge in [-0.1, -0.05) is 6.92 Å². The Morgan fingerprint density at radius 3 is 2.57 bits per heavy atom. The van der Waals surface area contributed by atoms with Gasteiger partial charge in [0.2, 0.25) is 0 Å². The molecule has 6 heteroatoms. The maximum atomic E-state index is 9.89. The van der Waals surface area contributed by atoms with Crippen LogP contribution in [0.5, 0.6) is 0 Å². The summed E-state index contributed by atoms with van der Waals surface area (Å²) in [6.07, 6.45) is 2.70. The van der Waals surface area contributed by atoms with Crippen molar-refractivity contribution in [2.75, 3.05) is 49.5 Å². The molecule has 1 fully saturated rings. The number of hydrogen-bond acceptors (Lipinski definition) is 6. The van der Waals surface area contributed by atoms with Gasteiger partial charge >= 0.3 is 0 Å². The number of aromatic nitrogens is 2. The van der Waals surface area contributed by atoms with Crippen LogP contribution in [-0.2, 0) is 0 Å². The number of anilines is 2. The van der Waals surface area contributed by atoms with Crippen molar-refractivity contribution in [2.24, 2.45) is 0 Å². The normalized spacial score (nSPS) is 17.0. The number of nitrogens with one attached hydrogen (secondary N) is 1. The zero-order chi connectivity index (χ0) is 15.3. The second kappa shape index (κ2) is 7.04. The molecule has 0 spiro atoms. The molecule has 0 radical (unpaired) electrons. The van der Waals surface area contributed by atoms with Gasteiger partial charge in [-0.2, -0.15) is 0 Å². The lowest BCUT2D eigenvalue weighted by Crippen LogP contribution is -2.50. The molecule has 1 aromatic rings. The van der Waals surface area contributed by atoms with E-state index in [1.165, 1.54) is 0 Å². The van der Waals surface area contributed by atoms with E-state index in [0.717, 1.165) is 50.8 Å². The lowest BCUT2D eigenvalue weighted by Gasteiger charge is -2.37. The summed E-state index contributed by atoms with van der Waals surface area (Å²) in [5.41, 5.74) is -0.631.